The molecule has 0 fully saturated rings. The minimum absolute atomic E-state index is 1.08. The predicted octanol–water partition coefficient (Wildman–Crippen LogP) is -0.226. The summed E-state index contributed by atoms with van der Waals surface area (Å²) in [5.41, 5.74) is 0. The summed E-state index contributed by atoms with van der Waals surface area (Å²) in [5.74, 6) is 0. The van der Waals surface area contributed by atoms with Gasteiger partial charge in [-0.25, -0.2) is 0 Å². The van der Waals surface area contributed by atoms with Crippen LogP contribution in [0.1, 0.15) is 6.92 Å². The minimum atomic E-state index is 1.08. The third-order valence-electron chi connectivity index (χ3n) is 1.41. The predicted molar refractivity (Wildman–Crippen MR) is 34.0 cm³/mol. The van der Waals surface area contributed by atoms with E-state index < -0.39 is 0 Å². The average molecular weight is 112 g/mol. The molecular weight excluding hydrogens is 100 g/mol. The molecule has 1 heterocycles. The molecule has 0 amide bonds. The molecule has 0 aromatic heterocycles. The van der Waals surface area contributed by atoms with Crippen molar-refractivity contribution in [1.82, 2.24) is 0 Å². The SMILES string of the molecule is C=[N+]1C=[N+](CC)CC1. The van der Waals surface area contributed by atoms with E-state index in [1.165, 1.54) is 0 Å². The monoisotopic (exact) mass is 112 g/mol. The second kappa shape index (κ2) is 2.07. The third kappa shape index (κ3) is 0.941. The molecule has 2 nitrogen and oxygen atoms in total. The van der Waals surface area contributed by atoms with Crippen molar-refractivity contribution in [1.29, 1.82) is 0 Å². The van der Waals surface area contributed by atoms with Gasteiger partial charge in [-0.1, -0.05) is 0 Å². The van der Waals surface area contributed by atoms with Crippen LogP contribution in [-0.4, -0.2) is 41.8 Å². The first-order valence-electron chi connectivity index (χ1n) is 2.99. The van der Waals surface area contributed by atoms with E-state index >= 15 is 0 Å². The molecule has 1 aliphatic rings. The standard InChI is InChI=1S/C6H12N2/c1-3-8-5-4-7(2)6-8/h6H,2-5H2,1H3/q+2. The normalized spacial score (nSPS) is 19.1. The molecule has 0 saturated heterocycles. The van der Waals surface area contributed by atoms with Crippen LogP contribution in [0, 0.1) is 0 Å². The molecule has 2 heteroatoms. The van der Waals surface area contributed by atoms with E-state index in [1.54, 1.807) is 0 Å². The van der Waals surface area contributed by atoms with Crippen LogP contribution < -0.4 is 0 Å². The maximum absolute atomic E-state index is 3.77. The minimum Gasteiger partial charge on any atom is -0.175 e. The molecule has 0 unspecified atom stereocenters. The van der Waals surface area contributed by atoms with E-state index in [1.807, 2.05) is 4.58 Å². The summed E-state index contributed by atoms with van der Waals surface area (Å²) in [7, 11) is 0. The zero-order valence-corrected chi connectivity index (χ0v) is 5.30. The highest BCUT2D eigenvalue weighted by Crippen LogP contribution is 1.82. The lowest BCUT2D eigenvalue weighted by atomic mass is 10.6. The van der Waals surface area contributed by atoms with E-state index in [0.29, 0.717) is 0 Å². The molecule has 0 spiro atoms. The van der Waals surface area contributed by atoms with Crippen LogP contribution >= 0.6 is 0 Å². The molecule has 0 radical (unpaired) electrons. The van der Waals surface area contributed by atoms with Gasteiger partial charge in [0, 0.05) is 0 Å². The van der Waals surface area contributed by atoms with E-state index in [4.69, 9.17) is 0 Å². The van der Waals surface area contributed by atoms with Crippen LogP contribution in [-0.2, 0) is 0 Å². The summed E-state index contributed by atoms with van der Waals surface area (Å²) >= 11 is 0. The Balaban J connectivity index is 2.57. The van der Waals surface area contributed by atoms with Gasteiger partial charge in [-0.05, 0) is 6.92 Å². The number of hydrogen-bond acceptors (Lipinski definition) is 0. The van der Waals surface area contributed by atoms with Gasteiger partial charge >= 0.3 is 6.34 Å². The maximum Gasteiger partial charge on any atom is 0.401 e. The smallest absolute Gasteiger partial charge is 0.175 e. The van der Waals surface area contributed by atoms with Gasteiger partial charge in [0.1, 0.15) is 13.3 Å². The molecule has 44 valence electrons. The Morgan fingerprint density at radius 2 is 2.38 bits per heavy atom. The fraction of sp³-hybridized carbons (Fsp3) is 0.667. The second-order valence-corrected chi connectivity index (χ2v) is 2.06. The van der Waals surface area contributed by atoms with Gasteiger partial charge in [0.15, 0.2) is 0 Å². The lowest BCUT2D eigenvalue weighted by molar-refractivity contribution is -0.512. The van der Waals surface area contributed by atoms with Crippen LogP contribution in [0.15, 0.2) is 0 Å². The van der Waals surface area contributed by atoms with Gasteiger partial charge in [0.05, 0.1) is 0 Å². The Morgan fingerprint density at radius 1 is 1.62 bits per heavy atom. The first-order valence-corrected chi connectivity index (χ1v) is 2.99. The average Bonchev–Trinajstić information content (AvgIpc) is 2.14. The highest BCUT2D eigenvalue weighted by atomic mass is 15.2. The number of likely N-dealkylation sites (N-methyl/N-ethyl adjacent to an activating group) is 1. The Hall–Kier alpha value is -0.660. The van der Waals surface area contributed by atoms with Gasteiger partial charge in [-0.3, -0.25) is 0 Å². The number of rotatable bonds is 1. The van der Waals surface area contributed by atoms with Crippen LogP contribution in [0.5, 0.6) is 0 Å². The van der Waals surface area contributed by atoms with Crippen LogP contribution in [0.2, 0.25) is 0 Å². The second-order valence-electron chi connectivity index (χ2n) is 2.06. The largest absolute Gasteiger partial charge is 0.401 e. The lowest BCUT2D eigenvalue weighted by Gasteiger charge is -1.79. The molecule has 0 aromatic rings. The Labute approximate surface area is 49.8 Å². The van der Waals surface area contributed by atoms with Gasteiger partial charge < -0.3 is 0 Å². The van der Waals surface area contributed by atoms with Crippen LogP contribution in [0.25, 0.3) is 0 Å². The van der Waals surface area contributed by atoms with Crippen molar-refractivity contribution in [2.45, 2.75) is 6.92 Å². The molecule has 0 bridgehead atoms. The third-order valence-corrected chi connectivity index (χ3v) is 1.41. The fourth-order valence-corrected chi connectivity index (χ4v) is 0.843. The van der Waals surface area contributed by atoms with Crippen molar-refractivity contribution < 1.29 is 9.15 Å². The number of nitrogens with zero attached hydrogens (tertiary/aromatic N) is 2. The zero-order valence-electron chi connectivity index (χ0n) is 5.30. The first kappa shape index (κ1) is 5.48. The Morgan fingerprint density at radius 3 is 2.62 bits per heavy atom. The van der Waals surface area contributed by atoms with Crippen LogP contribution in [0.4, 0.5) is 0 Å². The zero-order chi connectivity index (χ0) is 5.98. The topological polar surface area (TPSA) is 6.02 Å². The molecule has 0 aliphatic carbocycles. The van der Waals surface area contributed by atoms with E-state index in [2.05, 4.69) is 24.6 Å². The highest BCUT2D eigenvalue weighted by Gasteiger charge is 2.17. The molecule has 0 N–H and O–H groups in total. The molecule has 1 rings (SSSR count). The van der Waals surface area contributed by atoms with Crippen LogP contribution in [0.3, 0.4) is 0 Å². The first-order chi connectivity index (χ1) is 3.83. The highest BCUT2D eigenvalue weighted by molar-refractivity contribution is 5.42. The number of hydrogen-bond donors (Lipinski definition) is 0. The summed E-state index contributed by atoms with van der Waals surface area (Å²) in [4.78, 5) is 0. The summed E-state index contributed by atoms with van der Waals surface area (Å²) in [6.07, 6.45) is 2.06. The van der Waals surface area contributed by atoms with E-state index in [-0.39, 0.29) is 0 Å². The molecule has 8 heavy (non-hydrogen) atoms. The van der Waals surface area contributed by atoms with Crippen molar-refractivity contribution in [2.24, 2.45) is 0 Å². The maximum atomic E-state index is 3.77. The molecule has 0 saturated carbocycles. The summed E-state index contributed by atoms with van der Waals surface area (Å²) in [6, 6.07) is 0. The van der Waals surface area contributed by atoms with E-state index in [9.17, 15) is 0 Å². The van der Waals surface area contributed by atoms with E-state index in [0.717, 1.165) is 19.6 Å². The van der Waals surface area contributed by atoms with Crippen molar-refractivity contribution >= 4 is 13.1 Å². The quantitative estimate of drug-likeness (QED) is 0.413. The van der Waals surface area contributed by atoms with Crippen molar-refractivity contribution in [3.05, 3.63) is 0 Å². The molecular formula is C6H12N2+2. The summed E-state index contributed by atoms with van der Waals surface area (Å²) in [6.45, 7) is 9.24. The van der Waals surface area contributed by atoms with Gasteiger partial charge in [-0.15, -0.1) is 0 Å². The molecule has 1 aliphatic heterocycles. The van der Waals surface area contributed by atoms with Gasteiger partial charge in [0.25, 0.3) is 0 Å². The van der Waals surface area contributed by atoms with Gasteiger partial charge in [0.2, 0.25) is 13.1 Å². The van der Waals surface area contributed by atoms with Crippen molar-refractivity contribution in [3.8, 4) is 0 Å². The van der Waals surface area contributed by atoms with Crippen molar-refractivity contribution in [2.75, 3.05) is 19.6 Å². The molecule has 0 aromatic carbocycles. The fourth-order valence-electron chi connectivity index (χ4n) is 0.843. The van der Waals surface area contributed by atoms with Crippen molar-refractivity contribution in [3.63, 3.8) is 0 Å². The Bertz CT molecular complexity index is 135. The summed E-state index contributed by atoms with van der Waals surface area (Å²) < 4.78 is 4.20. The summed E-state index contributed by atoms with van der Waals surface area (Å²) in [5, 5.41) is 0. The lowest BCUT2D eigenvalue weighted by Crippen LogP contribution is -2.07. The Kier molecular flexibility index (Phi) is 1.42. The molecule has 0 atom stereocenters. The van der Waals surface area contributed by atoms with Gasteiger partial charge in [-0.2, -0.15) is 9.15 Å².